The second kappa shape index (κ2) is 15.4. The van der Waals surface area contributed by atoms with E-state index < -0.39 is 108 Å². The summed E-state index contributed by atoms with van der Waals surface area (Å²) >= 11 is 0. The van der Waals surface area contributed by atoms with Gasteiger partial charge in [-0.15, -0.1) is 0 Å². The van der Waals surface area contributed by atoms with Crippen LogP contribution in [0.3, 0.4) is 0 Å². The summed E-state index contributed by atoms with van der Waals surface area (Å²) in [6, 6.07) is 3.57. The van der Waals surface area contributed by atoms with Crippen LogP contribution in [0, 0.1) is 0 Å². The zero-order valence-electron chi connectivity index (χ0n) is 29.6. The van der Waals surface area contributed by atoms with Crippen LogP contribution < -0.4 is 15.9 Å². The number of hydrogen-bond acceptors (Lipinski definition) is 15. The number of nitrogens with zero attached hydrogens (tertiary/aromatic N) is 2. The average Bonchev–Trinajstić information content (AvgIpc) is 3.46. The Morgan fingerprint density at radius 3 is 2.43 bits per heavy atom. The molecule has 2 aliphatic heterocycles. The molecule has 2 aromatic carbocycles. The van der Waals surface area contributed by atoms with Crippen molar-refractivity contribution in [1.29, 1.82) is 0 Å². The van der Waals surface area contributed by atoms with E-state index in [1.54, 1.807) is 6.92 Å². The maximum atomic E-state index is 14.0. The lowest BCUT2D eigenvalue weighted by atomic mass is 9.71. The molecule has 0 aromatic heterocycles. The van der Waals surface area contributed by atoms with Crippen molar-refractivity contribution in [3.63, 3.8) is 0 Å². The molecule has 17 nitrogen and oxygen atoms in total. The van der Waals surface area contributed by atoms with E-state index in [1.165, 1.54) is 37.5 Å². The molecule has 0 saturated carbocycles. The van der Waals surface area contributed by atoms with Crippen molar-refractivity contribution in [3.05, 3.63) is 63.7 Å². The smallest absolute Gasteiger partial charge is 0.253 e. The maximum absolute atomic E-state index is 14.0. The number of carbonyl (C=O) groups is 5. The van der Waals surface area contributed by atoms with Crippen molar-refractivity contribution in [3.8, 4) is 17.2 Å². The molecule has 2 aromatic rings. The molecule has 1 fully saturated rings. The average molecular weight is 751 g/mol. The van der Waals surface area contributed by atoms with Gasteiger partial charge in [0.2, 0.25) is 11.7 Å². The lowest BCUT2D eigenvalue weighted by Crippen LogP contribution is -2.53. The number of ether oxygens (including phenoxy) is 3. The fraction of sp³-hybridized carbons (Fsp3) is 0.459. The molecule has 2 heterocycles. The number of amides is 3. The Hall–Kier alpha value is -5.04. The van der Waals surface area contributed by atoms with Gasteiger partial charge in [0, 0.05) is 67.1 Å². The van der Waals surface area contributed by atoms with Gasteiger partial charge in [-0.2, -0.15) is 5.10 Å². The minimum atomic E-state index is -2.16. The lowest BCUT2D eigenvalue weighted by molar-refractivity contribution is -0.245. The number of nitrogens with two attached hydrogens (primary N) is 1. The molecule has 3 amide bonds. The number of methoxy groups -OCH3 is 1. The molecule has 17 heteroatoms. The highest BCUT2D eigenvalue weighted by Crippen LogP contribution is 2.52. The van der Waals surface area contributed by atoms with Crippen molar-refractivity contribution in [1.82, 2.24) is 10.3 Å². The predicted octanol–water partition coefficient (Wildman–Crippen LogP) is 0.390. The molecule has 288 valence electrons. The molecule has 2 aliphatic carbocycles. The van der Waals surface area contributed by atoms with E-state index in [-0.39, 0.29) is 53.1 Å². The predicted molar refractivity (Wildman–Crippen MR) is 187 cm³/mol. The number of fused-ring (bicyclic) bond motifs is 3. The van der Waals surface area contributed by atoms with Crippen LogP contribution in [0.5, 0.6) is 17.2 Å². The van der Waals surface area contributed by atoms with Crippen LogP contribution in [0.25, 0.3) is 0 Å². The number of aromatic hydroxyl groups is 2. The third kappa shape index (κ3) is 7.01. The number of imide groups is 1. The Labute approximate surface area is 309 Å². The van der Waals surface area contributed by atoms with Gasteiger partial charge < -0.3 is 45.5 Å². The second-order valence-corrected chi connectivity index (χ2v) is 13.8. The Morgan fingerprint density at radius 1 is 1.06 bits per heavy atom. The van der Waals surface area contributed by atoms with Gasteiger partial charge in [0.15, 0.2) is 12.1 Å². The van der Waals surface area contributed by atoms with Crippen molar-refractivity contribution in [2.24, 2.45) is 10.8 Å². The number of nitrogens with one attached hydrogen (secondary N) is 1. The van der Waals surface area contributed by atoms with Gasteiger partial charge >= 0.3 is 0 Å². The highest BCUT2D eigenvalue weighted by molar-refractivity contribution is 6.31. The van der Waals surface area contributed by atoms with E-state index in [0.29, 0.717) is 19.3 Å². The van der Waals surface area contributed by atoms with Gasteiger partial charge in [-0.25, -0.2) is 5.43 Å². The molecule has 0 radical (unpaired) electrons. The van der Waals surface area contributed by atoms with Gasteiger partial charge in [-0.3, -0.25) is 28.9 Å². The van der Waals surface area contributed by atoms with Gasteiger partial charge in [0.25, 0.3) is 11.8 Å². The molecular weight excluding hydrogens is 708 g/mol. The largest absolute Gasteiger partial charge is 0.507 e. The van der Waals surface area contributed by atoms with Crippen LogP contribution in [0.2, 0.25) is 0 Å². The number of hydrogen-bond donors (Lipinski definition) is 7. The van der Waals surface area contributed by atoms with Crippen LogP contribution in [0.1, 0.15) is 94.5 Å². The Morgan fingerprint density at radius 2 is 1.76 bits per heavy atom. The highest BCUT2D eigenvalue weighted by Gasteiger charge is 2.49. The molecule has 6 atom stereocenters. The van der Waals surface area contributed by atoms with Gasteiger partial charge in [0.1, 0.15) is 22.8 Å². The van der Waals surface area contributed by atoms with Crippen molar-refractivity contribution >= 4 is 35.0 Å². The summed E-state index contributed by atoms with van der Waals surface area (Å²) in [4.78, 5) is 65.1. The fourth-order valence-electron chi connectivity index (χ4n) is 7.47. The number of rotatable bonds is 12. The van der Waals surface area contributed by atoms with Crippen LogP contribution in [0.4, 0.5) is 0 Å². The van der Waals surface area contributed by atoms with Crippen LogP contribution >= 0.6 is 0 Å². The van der Waals surface area contributed by atoms with Gasteiger partial charge in [0.05, 0.1) is 54.4 Å². The normalized spacial score (nSPS) is 26.4. The summed E-state index contributed by atoms with van der Waals surface area (Å²) in [5, 5.41) is 60.5. The number of benzene rings is 2. The summed E-state index contributed by atoms with van der Waals surface area (Å²) in [5.41, 5.74) is 4.46. The first-order chi connectivity index (χ1) is 25.7. The number of unbranched alkanes of at least 4 members (excludes halogenated alkanes) is 2. The van der Waals surface area contributed by atoms with Crippen molar-refractivity contribution in [2.75, 3.05) is 20.3 Å². The zero-order valence-corrected chi connectivity index (χ0v) is 29.6. The quantitative estimate of drug-likeness (QED) is 0.0434. The van der Waals surface area contributed by atoms with Crippen molar-refractivity contribution in [2.45, 2.75) is 88.1 Å². The monoisotopic (exact) mass is 750 g/mol. The highest BCUT2D eigenvalue weighted by atomic mass is 16.7. The Balaban J connectivity index is 1.29. The third-order valence-corrected chi connectivity index (χ3v) is 10.3. The van der Waals surface area contributed by atoms with Gasteiger partial charge in [-0.05, 0) is 25.8 Å². The minimum Gasteiger partial charge on any atom is -0.507 e. The molecule has 54 heavy (non-hydrogen) atoms. The molecule has 8 N–H and O–H groups in total. The minimum absolute atomic E-state index is 0.0120. The molecule has 6 rings (SSSR count). The number of phenolic OH excluding ortho intramolecular Hbond substituents is 2. The first-order valence-electron chi connectivity index (χ1n) is 17.5. The molecular formula is C37H42N4O13. The number of phenols is 2. The number of aliphatic hydroxyl groups is 3. The standard InChI is InChI=1S/C37H42N4O13/c1-17-32(46)20(38)13-27(53-17)54-22-15-37(51,23(16-42)39-40-24(43)9-4-3-5-12-41-25(44)10-11-26(41)45)14-19-29(22)36(50)31-30(34(19)48)33(47)18-7-6-8-21(52-2)28(18)35(31)49/h6-8,10-11,17,20,22,27,32,42,46,48,50-51H,3-5,9,12-16,38H2,1-2H3,(H,40,43)/b39-23+/t17?,20-,22+,27+,32+,37+/m1/s1. The van der Waals surface area contributed by atoms with Crippen LogP contribution in [-0.4, -0.2) is 116 Å². The maximum Gasteiger partial charge on any atom is 0.253 e. The lowest BCUT2D eigenvalue weighted by Gasteiger charge is -2.43. The number of hydrazone groups is 1. The van der Waals surface area contributed by atoms with Crippen molar-refractivity contribution < 1.29 is 63.7 Å². The molecule has 0 bridgehead atoms. The summed E-state index contributed by atoms with van der Waals surface area (Å²) in [7, 11) is 1.32. The topological polar surface area (TPSA) is 268 Å². The van der Waals surface area contributed by atoms with E-state index in [9.17, 15) is 49.5 Å². The van der Waals surface area contributed by atoms with E-state index in [0.717, 1.165) is 4.90 Å². The summed E-state index contributed by atoms with van der Waals surface area (Å²) < 4.78 is 17.4. The van der Waals surface area contributed by atoms with E-state index in [4.69, 9.17) is 19.9 Å². The van der Waals surface area contributed by atoms with Gasteiger partial charge in [-0.1, -0.05) is 18.6 Å². The summed E-state index contributed by atoms with van der Waals surface area (Å²) in [6.07, 6.45) is -1.56. The van der Waals surface area contributed by atoms with Crippen LogP contribution in [-0.2, 0) is 30.3 Å². The molecule has 0 spiro atoms. The summed E-state index contributed by atoms with van der Waals surface area (Å²) in [6.45, 7) is 0.910. The zero-order chi connectivity index (χ0) is 39.1. The van der Waals surface area contributed by atoms with Crippen LogP contribution in [0.15, 0.2) is 35.5 Å². The number of ketones is 2. The first-order valence-corrected chi connectivity index (χ1v) is 17.5. The first kappa shape index (κ1) is 38.7. The second-order valence-electron chi connectivity index (χ2n) is 13.8. The molecule has 1 saturated heterocycles. The fourth-order valence-corrected chi connectivity index (χ4v) is 7.47. The Bertz CT molecular complexity index is 1930. The third-order valence-electron chi connectivity index (χ3n) is 10.3. The van der Waals surface area contributed by atoms with E-state index >= 15 is 0 Å². The SMILES string of the molecule is COc1cccc2c1C(=O)c1c(O)c3c(c(O)c1C2=O)C[C@@](O)(/C(CO)=N/NC(=O)CCCCCN1C(=O)C=CC1=O)C[C@@H]3O[C@H]1C[C@@H](N)[C@@H](O)C(C)O1. The Kier molecular flexibility index (Phi) is 11.0. The molecule has 4 aliphatic rings. The molecule has 1 unspecified atom stereocenters. The van der Waals surface area contributed by atoms with E-state index in [2.05, 4.69) is 10.5 Å². The number of aliphatic hydroxyl groups excluding tert-OH is 2. The van der Waals surface area contributed by atoms with E-state index in [1.807, 2.05) is 0 Å². The number of carbonyl (C=O) groups excluding carboxylic acids is 5. The summed E-state index contributed by atoms with van der Waals surface area (Å²) in [5.74, 6) is -4.25.